The number of hydrogen-bond acceptors (Lipinski definition) is 6. The average molecular weight is 438 g/mol. The van der Waals surface area contributed by atoms with Crippen LogP contribution in [0.3, 0.4) is 0 Å². The highest BCUT2D eigenvalue weighted by molar-refractivity contribution is 5.92. The molecule has 0 aliphatic heterocycles. The van der Waals surface area contributed by atoms with E-state index in [1.165, 1.54) is 0 Å². The van der Waals surface area contributed by atoms with Crippen LogP contribution in [0.4, 0.5) is 11.5 Å². The summed E-state index contributed by atoms with van der Waals surface area (Å²) < 4.78 is 12.7. The molecule has 0 spiro atoms. The number of anilines is 2. The number of fused-ring (bicyclic) bond motifs is 1. The molecule has 0 aliphatic carbocycles. The second kappa shape index (κ2) is 9.00. The van der Waals surface area contributed by atoms with Crippen molar-refractivity contribution in [1.29, 1.82) is 0 Å². The van der Waals surface area contributed by atoms with Gasteiger partial charge in [0.15, 0.2) is 17.4 Å². The van der Waals surface area contributed by atoms with E-state index in [1.54, 1.807) is 20.4 Å². The third-order valence-corrected chi connectivity index (χ3v) is 5.37. The Hall–Kier alpha value is -4.39. The van der Waals surface area contributed by atoms with Crippen LogP contribution < -0.4 is 14.8 Å². The molecular formula is C26H23N5O2. The number of rotatable bonds is 7. The summed E-state index contributed by atoms with van der Waals surface area (Å²) >= 11 is 0. The van der Waals surface area contributed by atoms with Crippen LogP contribution in [0.15, 0.2) is 85.1 Å². The first-order valence-electron chi connectivity index (χ1n) is 10.6. The van der Waals surface area contributed by atoms with Gasteiger partial charge in [-0.15, -0.1) is 0 Å². The van der Waals surface area contributed by atoms with Crippen LogP contribution in [0.2, 0.25) is 0 Å². The number of para-hydroxylation sites is 2. The number of nitrogens with one attached hydrogen (secondary N) is 1. The molecule has 0 atom stereocenters. The normalized spacial score (nSPS) is 10.8. The fourth-order valence-electron chi connectivity index (χ4n) is 3.70. The predicted octanol–water partition coefficient (Wildman–Crippen LogP) is 5.30. The molecule has 7 heteroatoms. The maximum atomic E-state index is 5.48. The van der Waals surface area contributed by atoms with Gasteiger partial charge in [0.1, 0.15) is 11.4 Å². The van der Waals surface area contributed by atoms with Crippen molar-refractivity contribution in [1.82, 2.24) is 19.7 Å². The zero-order chi connectivity index (χ0) is 22.6. The Kier molecular flexibility index (Phi) is 5.59. The lowest BCUT2D eigenvalue weighted by Gasteiger charge is -2.10. The first kappa shape index (κ1) is 20.5. The van der Waals surface area contributed by atoms with Crippen molar-refractivity contribution in [2.75, 3.05) is 19.5 Å². The van der Waals surface area contributed by atoms with E-state index >= 15 is 0 Å². The van der Waals surface area contributed by atoms with Gasteiger partial charge in [-0.2, -0.15) is 5.10 Å². The third-order valence-electron chi connectivity index (χ3n) is 5.37. The molecule has 164 valence electrons. The summed E-state index contributed by atoms with van der Waals surface area (Å²) in [6.07, 6.45) is 1.67. The van der Waals surface area contributed by atoms with E-state index in [0.29, 0.717) is 23.9 Å². The van der Waals surface area contributed by atoms with E-state index in [1.807, 2.05) is 77.5 Å². The van der Waals surface area contributed by atoms with Crippen molar-refractivity contribution in [3.8, 4) is 23.0 Å². The fourth-order valence-corrected chi connectivity index (χ4v) is 3.70. The zero-order valence-corrected chi connectivity index (χ0v) is 18.4. The largest absolute Gasteiger partial charge is 0.497 e. The predicted molar refractivity (Wildman–Crippen MR) is 129 cm³/mol. The van der Waals surface area contributed by atoms with Crippen LogP contribution in [0.5, 0.6) is 11.5 Å². The van der Waals surface area contributed by atoms with Crippen molar-refractivity contribution in [3.05, 3.63) is 90.6 Å². The zero-order valence-electron chi connectivity index (χ0n) is 18.4. The van der Waals surface area contributed by atoms with Gasteiger partial charge in [-0.05, 0) is 35.9 Å². The van der Waals surface area contributed by atoms with Crippen LogP contribution >= 0.6 is 0 Å². The molecule has 7 nitrogen and oxygen atoms in total. The Labute approximate surface area is 191 Å². The molecule has 0 amide bonds. The van der Waals surface area contributed by atoms with Crippen LogP contribution in [0.1, 0.15) is 5.56 Å². The number of aromatic nitrogens is 4. The number of methoxy groups -OCH3 is 2. The molecule has 2 heterocycles. The Bertz CT molecular complexity index is 1380. The van der Waals surface area contributed by atoms with E-state index in [0.717, 1.165) is 33.6 Å². The lowest BCUT2D eigenvalue weighted by atomic mass is 10.2. The van der Waals surface area contributed by atoms with Crippen molar-refractivity contribution in [2.45, 2.75) is 6.54 Å². The standard InChI is InChI=1S/C26H23N5O2/c1-32-20-14-12-18(13-15-20)17-31-22-11-7-6-10-21(22)24(30-31)26-27-16-23(33-2)25(29-26)28-19-8-4-3-5-9-19/h3-16H,17H2,1-2H3,(H,27,28,29). The lowest BCUT2D eigenvalue weighted by Crippen LogP contribution is -2.03. The summed E-state index contributed by atoms with van der Waals surface area (Å²) in [6, 6.07) is 25.9. The molecule has 3 aromatic carbocycles. The van der Waals surface area contributed by atoms with Crippen molar-refractivity contribution < 1.29 is 9.47 Å². The summed E-state index contributed by atoms with van der Waals surface area (Å²) in [6.45, 7) is 0.621. The van der Waals surface area contributed by atoms with Gasteiger partial charge in [-0.25, -0.2) is 9.97 Å². The second-order valence-electron chi connectivity index (χ2n) is 7.47. The molecule has 5 aromatic rings. The minimum atomic E-state index is 0.527. The quantitative estimate of drug-likeness (QED) is 0.372. The highest BCUT2D eigenvalue weighted by Crippen LogP contribution is 2.31. The average Bonchev–Trinajstić information content (AvgIpc) is 3.23. The van der Waals surface area contributed by atoms with Gasteiger partial charge in [0.2, 0.25) is 0 Å². The number of hydrogen-bond donors (Lipinski definition) is 1. The molecule has 33 heavy (non-hydrogen) atoms. The van der Waals surface area contributed by atoms with Gasteiger partial charge in [-0.1, -0.05) is 48.5 Å². The van der Waals surface area contributed by atoms with Gasteiger partial charge in [0.05, 0.1) is 32.5 Å². The van der Waals surface area contributed by atoms with Crippen LogP contribution in [-0.4, -0.2) is 34.0 Å². The molecule has 1 N–H and O–H groups in total. The molecule has 0 aliphatic rings. The fraction of sp³-hybridized carbons (Fsp3) is 0.115. The van der Waals surface area contributed by atoms with Crippen molar-refractivity contribution in [3.63, 3.8) is 0 Å². The molecule has 2 aromatic heterocycles. The molecule has 0 fully saturated rings. The Morgan fingerprint density at radius 3 is 2.36 bits per heavy atom. The maximum absolute atomic E-state index is 5.48. The Balaban J connectivity index is 1.55. The molecule has 0 unspecified atom stereocenters. The van der Waals surface area contributed by atoms with Gasteiger partial charge < -0.3 is 14.8 Å². The molecule has 0 saturated heterocycles. The molecule has 0 radical (unpaired) electrons. The third kappa shape index (κ3) is 4.21. The van der Waals surface area contributed by atoms with E-state index < -0.39 is 0 Å². The molecule has 0 saturated carbocycles. The van der Waals surface area contributed by atoms with Gasteiger partial charge in [0, 0.05) is 11.1 Å². The van der Waals surface area contributed by atoms with Crippen molar-refractivity contribution in [2.24, 2.45) is 0 Å². The highest BCUT2D eigenvalue weighted by Gasteiger charge is 2.17. The monoisotopic (exact) mass is 437 g/mol. The first-order valence-corrected chi connectivity index (χ1v) is 10.6. The van der Waals surface area contributed by atoms with E-state index in [9.17, 15) is 0 Å². The second-order valence-corrected chi connectivity index (χ2v) is 7.47. The molecule has 0 bridgehead atoms. The summed E-state index contributed by atoms with van der Waals surface area (Å²) in [4.78, 5) is 9.31. The number of ether oxygens (including phenoxy) is 2. The first-order chi connectivity index (χ1) is 16.2. The summed E-state index contributed by atoms with van der Waals surface area (Å²) in [5, 5.41) is 9.20. The maximum Gasteiger partial charge on any atom is 0.183 e. The van der Waals surface area contributed by atoms with Crippen LogP contribution in [0, 0.1) is 0 Å². The minimum absolute atomic E-state index is 0.527. The van der Waals surface area contributed by atoms with E-state index in [2.05, 4.69) is 16.4 Å². The van der Waals surface area contributed by atoms with Crippen LogP contribution in [0.25, 0.3) is 22.4 Å². The van der Waals surface area contributed by atoms with Crippen LogP contribution in [-0.2, 0) is 6.54 Å². The Morgan fingerprint density at radius 2 is 1.61 bits per heavy atom. The van der Waals surface area contributed by atoms with Gasteiger partial charge >= 0.3 is 0 Å². The lowest BCUT2D eigenvalue weighted by molar-refractivity contribution is 0.413. The van der Waals surface area contributed by atoms with Gasteiger partial charge in [0.25, 0.3) is 0 Å². The smallest absolute Gasteiger partial charge is 0.183 e. The molecule has 5 rings (SSSR count). The SMILES string of the molecule is COc1ccc(Cn2nc(-c3ncc(OC)c(Nc4ccccc4)n3)c3ccccc32)cc1. The highest BCUT2D eigenvalue weighted by atomic mass is 16.5. The summed E-state index contributed by atoms with van der Waals surface area (Å²) in [5.74, 6) is 2.50. The summed E-state index contributed by atoms with van der Waals surface area (Å²) in [5.41, 5.74) is 3.77. The molecular weight excluding hydrogens is 414 g/mol. The number of nitrogens with zero attached hydrogens (tertiary/aromatic N) is 4. The van der Waals surface area contributed by atoms with Crippen molar-refractivity contribution >= 4 is 22.4 Å². The Morgan fingerprint density at radius 1 is 0.848 bits per heavy atom. The topological polar surface area (TPSA) is 74.1 Å². The summed E-state index contributed by atoms with van der Waals surface area (Å²) in [7, 11) is 3.27. The van der Waals surface area contributed by atoms with Gasteiger partial charge in [-0.3, -0.25) is 4.68 Å². The minimum Gasteiger partial charge on any atom is -0.497 e. The van der Waals surface area contributed by atoms with E-state index in [4.69, 9.17) is 19.6 Å². The number of benzene rings is 3. The van der Waals surface area contributed by atoms with E-state index in [-0.39, 0.29) is 0 Å².